The second-order valence-corrected chi connectivity index (χ2v) is 11.9. The molecule has 0 spiro atoms. The van der Waals surface area contributed by atoms with Crippen LogP contribution in [-0.4, -0.2) is 58.5 Å². The number of carbonyl (C=O) groups excluding carboxylic acids is 1. The summed E-state index contributed by atoms with van der Waals surface area (Å²) in [5, 5.41) is 12.0. The van der Waals surface area contributed by atoms with Crippen LogP contribution in [0.2, 0.25) is 0 Å². The van der Waals surface area contributed by atoms with E-state index in [1.165, 1.54) is 37.2 Å². The van der Waals surface area contributed by atoms with Gasteiger partial charge in [0.15, 0.2) is 11.5 Å². The molecular formula is C29H41N9OS. The smallest absolute Gasteiger partial charge is 0.241 e. The topological polar surface area (TPSA) is 105 Å². The van der Waals surface area contributed by atoms with E-state index in [-0.39, 0.29) is 12.5 Å². The second kappa shape index (κ2) is 12.9. The predicted octanol–water partition coefficient (Wildman–Crippen LogP) is 5.42. The maximum atomic E-state index is 12.6. The van der Waals surface area contributed by atoms with Gasteiger partial charge < -0.3 is 10.6 Å². The van der Waals surface area contributed by atoms with Crippen molar-refractivity contribution >= 4 is 33.9 Å². The van der Waals surface area contributed by atoms with Gasteiger partial charge in [-0.1, -0.05) is 46.5 Å². The van der Waals surface area contributed by atoms with Crippen molar-refractivity contribution in [1.29, 1.82) is 0 Å². The zero-order valence-corrected chi connectivity index (χ0v) is 24.9. The van der Waals surface area contributed by atoms with E-state index in [0.29, 0.717) is 17.8 Å². The number of nitrogens with one attached hydrogen (secondary N) is 2. The Morgan fingerprint density at radius 1 is 1.20 bits per heavy atom. The third kappa shape index (κ3) is 6.87. The first kappa shape index (κ1) is 28.2. The van der Waals surface area contributed by atoms with Crippen LogP contribution in [0.3, 0.4) is 0 Å². The van der Waals surface area contributed by atoms with Crippen molar-refractivity contribution in [2.75, 3.05) is 18.4 Å². The van der Waals surface area contributed by atoms with Gasteiger partial charge in [0.2, 0.25) is 5.91 Å². The zero-order chi connectivity index (χ0) is 28.1. The summed E-state index contributed by atoms with van der Waals surface area (Å²) in [5.74, 6) is 1.37. The second-order valence-electron chi connectivity index (χ2n) is 11.0. The number of hydrogen-bond acceptors (Lipinski definition) is 8. The Kier molecular flexibility index (Phi) is 9.11. The summed E-state index contributed by atoms with van der Waals surface area (Å²) < 4.78 is 8.41. The van der Waals surface area contributed by atoms with Crippen LogP contribution in [-0.2, 0) is 17.9 Å². The first-order chi connectivity index (χ1) is 19.4. The number of aromatic nitrogens is 6. The van der Waals surface area contributed by atoms with Crippen molar-refractivity contribution in [2.24, 2.45) is 5.92 Å². The van der Waals surface area contributed by atoms with Crippen LogP contribution in [0.15, 0.2) is 30.9 Å². The lowest BCUT2D eigenvalue weighted by molar-refractivity contribution is -0.122. The Morgan fingerprint density at radius 3 is 2.80 bits per heavy atom. The van der Waals surface area contributed by atoms with E-state index in [1.807, 2.05) is 29.9 Å². The molecular weight excluding hydrogens is 522 g/mol. The molecule has 0 aliphatic heterocycles. The van der Waals surface area contributed by atoms with Crippen molar-refractivity contribution < 1.29 is 4.79 Å². The number of nitrogens with zero attached hydrogens (tertiary/aromatic N) is 7. The monoisotopic (exact) mass is 563 g/mol. The Labute approximate surface area is 240 Å². The lowest BCUT2D eigenvalue weighted by atomic mass is 9.95. The van der Waals surface area contributed by atoms with Gasteiger partial charge in [-0.05, 0) is 49.8 Å². The van der Waals surface area contributed by atoms with Crippen LogP contribution in [0.1, 0.15) is 70.7 Å². The lowest BCUT2D eigenvalue weighted by Gasteiger charge is -2.22. The SMILES string of the molecule is CCC(C)CN(CC)Cc1cc(Nc2nc(C)cn3c(-c4cnn(CC(=O)NC5CCCCC5)c4)cnc23)sn1. The molecule has 4 aromatic heterocycles. The van der Waals surface area contributed by atoms with Gasteiger partial charge in [0.1, 0.15) is 11.5 Å². The number of hydrogen-bond donors (Lipinski definition) is 2. The Balaban J connectivity index is 1.28. The number of imidazole rings is 1. The number of fused-ring (bicyclic) bond motifs is 1. The summed E-state index contributed by atoms with van der Waals surface area (Å²) in [4.78, 5) is 24.4. The van der Waals surface area contributed by atoms with Gasteiger partial charge in [0, 0.05) is 37.1 Å². The van der Waals surface area contributed by atoms with Crippen molar-refractivity contribution in [3.8, 4) is 11.3 Å². The van der Waals surface area contributed by atoms with E-state index in [1.54, 1.807) is 10.9 Å². The Bertz CT molecular complexity index is 1420. The molecule has 0 saturated heterocycles. The highest BCUT2D eigenvalue weighted by atomic mass is 32.1. The molecule has 40 heavy (non-hydrogen) atoms. The zero-order valence-electron chi connectivity index (χ0n) is 24.1. The van der Waals surface area contributed by atoms with Crippen molar-refractivity contribution in [3.63, 3.8) is 0 Å². The number of amides is 1. The quantitative estimate of drug-likeness (QED) is 0.237. The molecule has 0 radical (unpaired) electrons. The summed E-state index contributed by atoms with van der Waals surface area (Å²) in [5.41, 5.74) is 4.45. The van der Waals surface area contributed by atoms with Gasteiger partial charge in [-0.25, -0.2) is 9.97 Å². The minimum absolute atomic E-state index is 0.0112. The lowest BCUT2D eigenvalue weighted by Crippen LogP contribution is -2.38. The predicted molar refractivity (Wildman–Crippen MR) is 160 cm³/mol. The van der Waals surface area contributed by atoms with Crippen molar-refractivity contribution in [2.45, 2.75) is 85.4 Å². The van der Waals surface area contributed by atoms with Crippen LogP contribution >= 0.6 is 11.5 Å². The van der Waals surface area contributed by atoms with Crippen LogP contribution in [0.4, 0.5) is 10.8 Å². The van der Waals surface area contributed by atoms with E-state index in [9.17, 15) is 4.79 Å². The van der Waals surface area contributed by atoms with E-state index in [0.717, 1.165) is 65.8 Å². The van der Waals surface area contributed by atoms with Crippen LogP contribution in [0.5, 0.6) is 0 Å². The fraction of sp³-hybridized carbons (Fsp3) is 0.552. The van der Waals surface area contributed by atoms with Crippen molar-refractivity contribution in [1.82, 2.24) is 38.7 Å². The summed E-state index contributed by atoms with van der Waals surface area (Å²) >= 11 is 1.44. The van der Waals surface area contributed by atoms with Gasteiger partial charge in [0.25, 0.3) is 0 Å². The third-order valence-corrected chi connectivity index (χ3v) is 8.46. The summed E-state index contributed by atoms with van der Waals surface area (Å²) in [6.45, 7) is 11.8. The Hall–Kier alpha value is -3.31. The molecule has 1 atom stereocenters. The molecule has 4 aromatic rings. The summed E-state index contributed by atoms with van der Waals surface area (Å²) in [6.07, 6.45) is 14.5. The fourth-order valence-electron chi connectivity index (χ4n) is 5.32. The van der Waals surface area contributed by atoms with Gasteiger partial charge >= 0.3 is 0 Å². The molecule has 1 aliphatic carbocycles. The first-order valence-electron chi connectivity index (χ1n) is 14.5. The van der Waals surface area contributed by atoms with E-state index < -0.39 is 0 Å². The molecule has 0 bridgehead atoms. The highest BCUT2D eigenvalue weighted by Gasteiger charge is 2.18. The molecule has 10 nitrogen and oxygen atoms in total. The molecule has 5 rings (SSSR count). The average molecular weight is 564 g/mol. The van der Waals surface area contributed by atoms with Gasteiger partial charge in [-0.3, -0.25) is 18.8 Å². The number of aryl methyl sites for hydroxylation is 1. The molecule has 4 heterocycles. The molecule has 11 heteroatoms. The fourth-order valence-corrected chi connectivity index (χ4v) is 5.98. The molecule has 1 amide bonds. The largest absolute Gasteiger partial charge is 0.352 e. The highest BCUT2D eigenvalue weighted by Crippen LogP contribution is 2.28. The number of anilines is 2. The maximum absolute atomic E-state index is 12.6. The van der Waals surface area contributed by atoms with E-state index in [4.69, 9.17) is 9.36 Å². The highest BCUT2D eigenvalue weighted by molar-refractivity contribution is 7.10. The molecule has 0 aromatic carbocycles. The standard InChI is InChI=1S/C29H41N9OS/c1-5-20(3)15-36(6-2)18-24-12-27(40-35-24)34-28-29-30-14-25(38(29)16-21(4)32-28)22-13-31-37(17-22)19-26(39)33-23-10-8-7-9-11-23/h12-14,16-17,20,23H,5-11,15,18-19H2,1-4H3,(H,32,34)(H,33,39). The molecule has 1 fully saturated rings. The normalized spacial score (nSPS) is 15.1. The third-order valence-electron chi connectivity index (χ3n) is 7.72. The summed E-state index contributed by atoms with van der Waals surface area (Å²) in [7, 11) is 0. The van der Waals surface area contributed by atoms with Crippen LogP contribution in [0.25, 0.3) is 16.9 Å². The maximum Gasteiger partial charge on any atom is 0.241 e. The first-order valence-corrected chi connectivity index (χ1v) is 15.3. The Morgan fingerprint density at radius 2 is 2.02 bits per heavy atom. The van der Waals surface area contributed by atoms with Crippen LogP contribution < -0.4 is 10.6 Å². The number of rotatable bonds is 12. The number of carbonyl (C=O) groups is 1. The van der Waals surface area contributed by atoms with Gasteiger partial charge in [-0.15, -0.1) is 0 Å². The summed E-state index contributed by atoms with van der Waals surface area (Å²) in [6, 6.07) is 2.40. The van der Waals surface area contributed by atoms with E-state index >= 15 is 0 Å². The molecule has 2 N–H and O–H groups in total. The van der Waals surface area contributed by atoms with Crippen molar-refractivity contribution in [3.05, 3.63) is 42.2 Å². The van der Waals surface area contributed by atoms with Gasteiger partial charge in [-0.2, -0.15) is 9.47 Å². The molecule has 1 aliphatic rings. The molecule has 1 saturated carbocycles. The molecule has 1 unspecified atom stereocenters. The average Bonchev–Trinajstić information content (AvgIpc) is 3.69. The van der Waals surface area contributed by atoms with Crippen LogP contribution in [0, 0.1) is 12.8 Å². The minimum atomic E-state index is 0.0112. The van der Waals surface area contributed by atoms with Gasteiger partial charge in [0.05, 0.1) is 29.5 Å². The molecule has 214 valence electrons. The van der Waals surface area contributed by atoms with E-state index in [2.05, 4.69) is 52.5 Å². The minimum Gasteiger partial charge on any atom is -0.352 e.